The number of para-hydroxylation sites is 1. The van der Waals surface area contributed by atoms with Crippen molar-refractivity contribution in [2.75, 3.05) is 19.7 Å². The maximum atomic E-state index is 10.4. The predicted octanol–water partition coefficient (Wildman–Crippen LogP) is 3.89. The van der Waals surface area contributed by atoms with Crippen LogP contribution in [-0.4, -0.2) is 35.8 Å². The van der Waals surface area contributed by atoms with E-state index in [1.54, 1.807) is 0 Å². The molecule has 2 aromatic rings. The van der Waals surface area contributed by atoms with Crippen molar-refractivity contribution in [3.8, 4) is 5.75 Å². The summed E-state index contributed by atoms with van der Waals surface area (Å²) in [6.45, 7) is 9.15. The van der Waals surface area contributed by atoms with Crippen molar-refractivity contribution < 1.29 is 9.84 Å². The number of aliphatic hydroxyl groups excluding tert-OH is 1. The van der Waals surface area contributed by atoms with Gasteiger partial charge in [-0.15, -0.1) is 0 Å². The Morgan fingerprint density at radius 2 is 1.62 bits per heavy atom. The van der Waals surface area contributed by atoms with E-state index in [1.165, 1.54) is 5.56 Å². The van der Waals surface area contributed by atoms with Gasteiger partial charge < -0.3 is 9.84 Å². The third-order valence-corrected chi connectivity index (χ3v) is 3.87. The zero-order chi connectivity index (χ0) is 17.4. The Bertz CT molecular complexity index is 598. The molecule has 0 fully saturated rings. The van der Waals surface area contributed by atoms with Crippen LogP contribution in [0.1, 0.15) is 25.0 Å². The van der Waals surface area contributed by atoms with Crippen LogP contribution in [0.3, 0.4) is 0 Å². The van der Waals surface area contributed by atoms with Crippen molar-refractivity contribution in [2.24, 2.45) is 5.92 Å². The van der Waals surface area contributed by atoms with E-state index in [9.17, 15) is 5.11 Å². The van der Waals surface area contributed by atoms with Crippen LogP contribution in [-0.2, 0) is 6.54 Å². The summed E-state index contributed by atoms with van der Waals surface area (Å²) >= 11 is 0. The molecule has 0 aromatic heterocycles. The monoisotopic (exact) mass is 327 g/mol. The van der Waals surface area contributed by atoms with Crippen LogP contribution < -0.4 is 4.74 Å². The highest BCUT2D eigenvalue weighted by Crippen LogP contribution is 2.16. The summed E-state index contributed by atoms with van der Waals surface area (Å²) < 4.78 is 5.78. The first-order valence-electron chi connectivity index (χ1n) is 8.67. The van der Waals surface area contributed by atoms with Gasteiger partial charge in [0.25, 0.3) is 0 Å². The Morgan fingerprint density at radius 1 is 0.958 bits per heavy atom. The molecule has 0 spiro atoms. The van der Waals surface area contributed by atoms with Gasteiger partial charge in [0.05, 0.1) is 0 Å². The molecule has 0 bridgehead atoms. The van der Waals surface area contributed by atoms with Crippen molar-refractivity contribution in [1.82, 2.24) is 4.90 Å². The molecule has 1 atom stereocenters. The number of nitrogens with zero attached hydrogens (tertiary/aromatic N) is 1. The molecule has 0 saturated carbocycles. The Labute approximate surface area is 145 Å². The fourth-order valence-corrected chi connectivity index (χ4v) is 2.82. The molecule has 0 saturated heterocycles. The van der Waals surface area contributed by atoms with Crippen LogP contribution in [0.4, 0.5) is 0 Å². The SMILES string of the molecule is Cc1ccccc1OC[C@H](O)CN(Cc1ccccc1)CC(C)C. The average Bonchev–Trinajstić information content (AvgIpc) is 2.54. The van der Waals surface area contributed by atoms with Crippen LogP contribution in [0.15, 0.2) is 54.6 Å². The summed E-state index contributed by atoms with van der Waals surface area (Å²) in [5, 5.41) is 10.4. The van der Waals surface area contributed by atoms with Crippen LogP contribution in [0.5, 0.6) is 5.75 Å². The number of ether oxygens (including phenoxy) is 1. The van der Waals surface area contributed by atoms with Crippen molar-refractivity contribution >= 4 is 0 Å². The largest absolute Gasteiger partial charge is 0.491 e. The standard InChI is InChI=1S/C21H29NO2/c1-17(2)13-22(14-19-10-5-4-6-11-19)15-20(23)16-24-21-12-8-7-9-18(21)3/h4-12,17,20,23H,13-16H2,1-3H3/t20-/m1/s1. The summed E-state index contributed by atoms with van der Waals surface area (Å²) in [7, 11) is 0. The molecule has 0 heterocycles. The van der Waals surface area contributed by atoms with Gasteiger partial charge in [-0.3, -0.25) is 4.90 Å². The molecular formula is C21H29NO2. The molecule has 3 nitrogen and oxygen atoms in total. The second-order valence-corrected chi connectivity index (χ2v) is 6.80. The van der Waals surface area contributed by atoms with E-state index < -0.39 is 6.10 Å². The Balaban J connectivity index is 1.89. The number of rotatable bonds is 9. The topological polar surface area (TPSA) is 32.7 Å². The molecule has 130 valence electrons. The fraction of sp³-hybridized carbons (Fsp3) is 0.429. The second kappa shape index (κ2) is 9.45. The highest BCUT2D eigenvalue weighted by atomic mass is 16.5. The Hall–Kier alpha value is -1.84. The summed E-state index contributed by atoms with van der Waals surface area (Å²) in [6.07, 6.45) is -0.507. The van der Waals surface area contributed by atoms with Crippen molar-refractivity contribution in [3.05, 3.63) is 65.7 Å². The van der Waals surface area contributed by atoms with Crippen LogP contribution in [0.25, 0.3) is 0 Å². The van der Waals surface area contributed by atoms with Crippen LogP contribution in [0, 0.1) is 12.8 Å². The fourth-order valence-electron chi connectivity index (χ4n) is 2.82. The Morgan fingerprint density at radius 3 is 2.29 bits per heavy atom. The molecular weight excluding hydrogens is 298 g/mol. The van der Waals surface area contributed by atoms with Gasteiger partial charge in [0.1, 0.15) is 18.5 Å². The van der Waals surface area contributed by atoms with Gasteiger partial charge in [0, 0.05) is 19.6 Å². The van der Waals surface area contributed by atoms with Gasteiger partial charge in [-0.2, -0.15) is 0 Å². The van der Waals surface area contributed by atoms with Gasteiger partial charge in [0.2, 0.25) is 0 Å². The van der Waals surface area contributed by atoms with Crippen LogP contribution >= 0.6 is 0 Å². The summed E-state index contributed by atoms with van der Waals surface area (Å²) in [4.78, 5) is 2.30. The van der Waals surface area contributed by atoms with Gasteiger partial charge in [-0.05, 0) is 30.0 Å². The van der Waals surface area contributed by atoms with Crippen molar-refractivity contribution in [2.45, 2.75) is 33.4 Å². The van der Waals surface area contributed by atoms with E-state index in [4.69, 9.17) is 4.74 Å². The molecule has 0 aliphatic carbocycles. The zero-order valence-corrected chi connectivity index (χ0v) is 15.0. The number of aliphatic hydroxyl groups is 1. The highest BCUT2D eigenvalue weighted by Gasteiger charge is 2.14. The molecule has 2 aromatic carbocycles. The maximum Gasteiger partial charge on any atom is 0.122 e. The highest BCUT2D eigenvalue weighted by molar-refractivity contribution is 5.31. The number of hydrogen-bond acceptors (Lipinski definition) is 3. The number of hydrogen-bond donors (Lipinski definition) is 1. The Kier molecular flexibility index (Phi) is 7.29. The quantitative estimate of drug-likeness (QED) is 0.758. The molecule has 1 N–H and O–H groups in total. The molecule has 24 heavy (non-hydrogen) atoms. The normalized spacial score (nSPS) is 12.6. The molecule has 0 aliphatic heterocycles. The first-order valence-corrected chi connectivity index (χ1v) is 8.67. The zero-order valence-electron chi connectivity index (χ0n) is 15.0. The first-order chi connectivity index (χ1) is 11.5. The lowest BCUT2D eigenvalue weighted by atomic mass is 10.1. The predicted molar refractivity (Wildman–Crippen MR) is 99.2 cm³/mol. The first kappa shape index (κ1) is 18.5. The molecule has 3 heteroatoms. The number of aryl methyl sites for hydroxylation is 1. The van der Waals surface area contributed by atoms with Gasteiger partial charge in [-0.25, -0.2) is 0 Å². The van der Waals surface area contributed by atoms with E-state index in [2.05, 4.69) is 43.0 Å². The van der Waals surface area contributed by atoms with Crippen LogP contribution in [0.2, 0.25) is 0 Å². The average molecular weight is 327 g/mol. The molecule has 0 radical (unpaired) electrons. The number of benzene rings is 2. The van der Waals surface area contributed by atoms with E-state index >= 15 is 0 Å². The smallest absolute Gasteiger partial charge is 0.122 e. The van der Waals surface area contributed by atoms with E-state index in [-0.39, 0.29) is 0 Å². The minimum atomic E-state index is -0.507. The lowest BCUT2D eigenvalue weighted by molar-refractivity contribution is 0.0613. The van der Waals surface area contributed by atoms with E-state index in [1.807, 2.05) is 37.3 Å². The van der Waals surface area contributed by atoms with Crippen molar-refractivity contribution in [3.63, 3.8) is 0 Å². The summed E-state index contributed by atoms with van der Waals surface area (Å²) in [6, 6.07) is 18.3. The third-order valence-electron chi connectivity index (χ3n) is 3.87. The minimum absolute atomic E-state index is 0.314. The third kappa shape index (κ3) is 6.34. The molecule has 0 unspecified atom stereocenters. The van der Waals surface area contributed by atoms with Gasteiger partial charge in [0.15, 0.2) is 0 Å². The van der Waals surface area contributed by atoms with Gasteiger partial charge in [-0.1, -0.05) is 62.4 Å². The summed E-state index contributed by atoms with van der Waals surface area (Å²) in [5.74, 6) is 1.40. The van der Waals surface area contributed by atoms with E-state index in [0.29, 0.717) is 19.1 Å². The van der Waals surface area contributed by atoms with Gasteiger partial charge >= 0.3 is 0 Å². The molecule has 0 aliphatic rings. The molecule has 0 amide bonds. The van der Waals surface area contributed by atoms with Crippen molar-refractivity contribution in [1.29, 1.82) is 0 Å². The molecule has 2 rings (SSSR count). The summed E-state index contributed by atoms with van der Waals surface area (Å²) in [5.41, 5.74) is 2.36. The minimum Gasteiger partial charge on any atom is -0.491 e. The lowest BCUT2D eigenvalue weighted by Gasteiger charge is -2.27. The maximum absolute atomic E-state index is 10.4. The lowest BCUT2D eigenvalue weighted by Crippen LogP contribution is -2.37. The van der Waals surface area contributed by atoms with E-state index in [0.717, 1.165) is 24.4 Å². The second-order valence-electron chi connectivity index (χ2n) is 6.80.